The van der Waals surface area contributed by atoms with Gasteiger partial charge in [-0.15, -0.1) is 0 Å². The fourth-order valence-corrected chi connectivity index (χ4v) is 3.63. The molecule has 1 heterocycles. The van der Waals surface area contributed by atoms with E-state index in [0.717, 1.165) is 42.2 Å². The number of amides is 1. The average molecular weight is 392 g/mol. The lowest BCUT2D eigenvalue weighted by Crippen LogP contribution is -2.30. The molecule has 0 saturated carbocycles. The molecule has 1 aromatic heterocycles. The molecular formula is C25H29NO3. The van der Waals surface area contributed by atoms with Gasteiger partial charge in [0.05, 0.1) is 5.39 Å². The second-order valence-corrected chi connectivity index (χ2v) is 7.63. The Balaban J connectivity index is 2.02. The zero-order chi connectivity index (χ0) is 20.8. The molecular weight excluding hydrogens is 362 g/mol. The number of carbonyl (C=O) groups excluding carboxylic acids is 1. The Hall–Kier alpha value is -2.88. The third-order valence-electron chi connectivity index (χ3n) is 5.48. The molecule has 0 spiro atoms. The zero-order valence-electron chi connectivity index (χ0n) is 17.5. The van der Waals surface area contributed by atoms with Crippen molar-refractivity contribution in [1.29, 1.82) is 0 Å². The summed E-state index contributed by atoms with van der Waals surface area (Å²) in [5.74, 6) is 0.176. The van der Waals surface area contributed by atoms with Crippen molar-refractivity contribution < 1.29 is 9.21 Å². The molecule has 1 unspecified atom stereocenters. The normalized spacial score (nSPS) is 12.1. The van der Waals surface area contributed by atoms with E-state index in [1.54, 1.807) is 12.1 Å². The van der Waals surface area contributed by atoms with E-state index in [1.165, 1.54) is 0 Å². The Labute approximate surface area is 171 Å². The minimum atomic E-state index is -0.486. The predicted molar refractivity (Wildman–Crippen MR) is 118 cm³/mol. The van der Waals surface area contributed by atoms with Gasteiger partial charge in [0.1, 0.15) is 0 Å². The Morgan fingerprint density at radius 2 is 1.72 bits per heavy atom. The first-order valence-corrected chi connectivity index (χ1v) is 10.5. The van der Waals surface area contributed by atoms with Gasteiger partial charge in [-0.1, -0.05) is 81.1 Å². The highest BCUT2D eigenvalue weighted by atomic mass is 16.4. The third-order valence-corrected chi connectivity index (χ3v) is 5.48. The first-order valence-electron chi connectivity index (χ1n) is 10.5. The van der Waals surface area contributed by atoms with Crippen LogP contribution in [0.3, 0.4) is 0 Å². The summed E-state index contributed by atoms with van der Waals surface area (Å²) in [6.45, 7) is 6.91. The highest BCUT2D eigenvalue weighted by Crippen LogP contribution is 2.31. The maximum atomic E-state index is 13.1. The summed E-state index contributed by atoms with van der Waals surface area (Å²) in [5.41, 5.74) is 2.17. The van der Waals surface area contributed by atoms with Crippen LogP contribution in [0.5, 0.6) is 0 Å². The number of unbranched alkanes of at least 4 members (excludes halogenated alkanes) is 1. The van der Waals surface area contributed by atoms with Crippen LogP contribution in [0.15, 0.2) is 57.7 Å². The van der Waals surface area contributed by atoms with Gasteiger partial charge in [-0.2, -0.15) is 0 Å². The van der Waals surface area contributed by atoms with E-state index in [1.807, 2.05) is 43.3 Å². The van der Waals surface area contributed by atoms with Crippen LogP contribution in [0.2, 0.25) is 0 Å². The molecule has 1 atom stereocenters. The van der Waals surface area contributed by atoms with Crippen molar-refractivity contribution in [2.24, 2.45) is 5.92 Å². The van der Waals surface area contributed by atoms with Crippen LogP contribution in [-0.2, 0) is 0 Å². The molecule has 1 N–H and O–H groups in total. The van der Waals surface area contributed by atoms with E-state index in [2.05, 4.69) is 19.2 Å². The van der Waals surface area contributed by atoms with E-state index in [-0.39, 0.29) is 11.7 Å². The Bertz CT molecular complexity index is 1030. The lowest BCUT2D eigenvalue weighted by atomic mass is 9.96. The highest BCUT2D eigenvalue weighted by molar-refractivity contribution is 6.07. The van der Waals surface area contributed by atoms with Crippen LogP contribution in [0.4, 0.5) is 0 Å². The fourth-order valence-electron chi connectivity index (χ4n) is 3.63. The van der Waals surface area contributed by atoms with Gasteiger partial charge in [-0.25, -0.2) is 4.79 Å². The van der Waals surface area contributed by atoms with Gasteiger partial charge in [-0.05, 0) is 30.9 Å². The van der Waals surface area contributed by atoms with Crippen LogP contribution in [0, 0.1) is 12.8 Å². The van der Waals surface area contributed by atoms with Gasteiger partial charge in [0.2, 0.25) is 5.76 Å². The fraction of sp³-hybridized carbons (Fsp3) is 0.360. The number of nitrogens with one attached hydrogen (secondary N) is 1. The van der Waals surface area contributed by atoms with Crippen LogP contribution in [0.25, 0.3) is 21.9 Å². The summed E-state index contributed by atoms with van der Waals surface area (Å²) in [6.07, 6.45) is 4.38. The molecule has 0 saturated heterocycles. The van der Waals surface area contributed by atoms with E-state index < -0.39 is 5.63 Å². The second-order valence-electron chi connectivity index (χ2n) is 7.63. The molecule has 0 bridgehead atoms. The molecule has 0 aliphatic rings. The zero-order valence-corrected chi connectivity index (χ0v) is 17.5. The number of aryl methyl sites for hydroxylation is 1. The number of fused-ring (bicyclic) bond motifs is 1. The highest BCUT2D eigenvalue weighted by Gasteiger charge is 2.21. The molecule has 0 fully saturated rings. The molecule has 0 aliphatic carbocycles. The van der Waals surface area contributed by atoms with E-state index in [4.69, 9.17) is 4.42 Å². The van der Waals surface area contributed by atoms with Crippen LogP contribution >= 0.6 is 0 Å². The Morgan fingerprint density at radius 3 is 2.38 bits per heavy atom. The quantitative estimate of drug-likeness (QED) is 0.535. The largest absolute Gasteiger partial charge is 0.416 e. The van der Waals surface area contributed by atoms with Gasteiger partial charge in [0.15, 0.2) is 0 Å². The number of hydrogen-bond acceptors (Lipinski definition) is 3. The Kier molecular flexibility index (Phi) is 6.86. The molecule has 0 radical (unpaired) electrons. The number of benzene rings is 2. The second kappa shape index (κ2) is 9.55. The lowest BCUT2D eigenvalue weighted by molar-refractivity contribution is 0.0915. The van der Waals surface area contributed by atoms with Crippen molar-refractivity contribution >= 4 is 16.7 Å². The third kappa shape index (κ3) is 4.76. The number of hydrogen-bond donors (Lipinski definition) is 1. The molecule has 0 aliphatic heterocycles. The standard InChI is InChI=1S/C25H29NO3/c1-4-6-9-18(5-2)16-26-24(27)23-22(19-14-12-17(3)13-15-19)20-10-7-8-11-21(20)25(28)29-23/h7-8,10-15,18H,4-6,9,16H2,1-3H3,(H,26,27). The van der Waals surface area contributed by atoms with Crippen molar-refractivity contribution in [2.45, 2.75) is 46.5 Å². The van der Waals surface area contributed by atoms with Crippen molar-refractivity contribution in [3.63, 3.8) is 0 Å². The van der Waals surface area contributed by atoms with Gasteiger partial charge < -0.3 is 9.73 Å². The van der Waals surface area contributed by atoms with Crippen molar-refractivity contribution in [1.82, 2.24) is 5.32 Å². The predicted octanol–water partition coefficient (Wildman–Crippen LogP) is 5.71. The summed E-state index contributed by atoms with van der Waals surface area (Å²) < 4.78 is 5.55. The summed E-state index contributed by atoms with van der Waals surface area (Å²) in [5, 5.41) is 4.21. The molecule has 2 aromatic carbocycles. The van der Waals surface area contributed by atoms with Crippen LogP contribution in [0.1, 0.15) is 55.6 Å². The summed E-state index contributed by atoms with van der Waals surface area (Å²) in [7, 11) is 0. The van der Waals surface area contributed by atoms with Crippen molar-refractivity contribution in [3.05, 3.63) is 70.3 Å². The van der Waals surface area contributed by atoms with E-state index in [0.29, 0.717) is 23.4 Å². The van der Waals surface area contributed by atoms with Crippen molar-refractivity contribution in [2.75, 3.05) is 6.54 Å². The molecule has 4 heteroatoms. The van der Waals surface area contributed by atoms with Crippen LogP contribution < -0.4 is 10.9 Å². The smallest absolute Gasteiger partial charge is 0.344 e. The molecule has 4 nitrogen and oxygen atoms in total. The number of rotatable bonds is 8. The summed E-state index contributed by atoms with van der Waals surface area (Å²) in [6, 6.07) is 15.2. The van der Waals surface area contributed by atoms with E-state index in [9.17, 15) is 9.59 Å². The molecule has 3 aromatic rings. The average Bonchev–Trinajstić information content (AvgIpc) is 2.74. The molecule has 152 valence electrons. The molecule has 3 rings (SSSR count). The maximum Gasteiger partial charge on any atom is 0.344 e. The Morgan fingerprint density at radius 1 is 1.03 bits per heavy atom. The van der Waals surface area contributed by atoms with Gasteiger partial charge in [-0.3, -0.25) is 4.79 Å². The lowest BCUT2D eigenvalue weighted by Gasteiger charge is -2.16. The summed E-state index contributed by atoms with van der Waals surface area (Å²) in [4.78, 5) is 25.6. The SMILES string of the molecule is CCCCC(CC)CNC(=O)c1oc(=O)c2ccccc2c1-c1ccc(C)cc1. The molecule has 29 heavy (non-hydrogen) atoms. The van der Waals surface area contributed by atoms with E-state index >= 15 is 0 Å². The topological polar surface area (TPSA) is 59.3 Å². The van der Waals surface area contributed by atoms with Crippen LogP contribution in [-0.4, -0.2) is 12.5 Å². The van der Waals surface area contributed by atoms with Crippen molar-refractivity contribution in [3.8, 4) is 11.1 Å². The molecule has 1 amide bonds. The maximum absolute atomic E-state index is 13.1. The van der Waals surface area contributed by atoms with Gasteiger partial charge in [0, 0.05) is 17.5 Å². The van der Waals surface area contributed by atoms with Gasteiger partial charge >= 0.3 is 5.63 Å². The minimum absolute atomic E-state index is 0.0860. The number of carbonyl (C=O) groups is 1. The first kappa shape index (κ1) is 20.8. The summed E-state index contributed by atoms with van der Waals surface area (Å²) >= 11 is 0. The first-order chi connectivity index (χ1) is 14.0. The minimum Gasteiger partial charge on any atom is -0.416 e. The van der Waals surface area contributed by atoms with Gasteiger partial charge in [0.25, 0.3) is 5.91 Å². The monoisotopic (exact) mass is 391 g/mol.